The number of rotatable bonds is 4. The van der Waals surface area contributed by atoms with Gasteiger partial charge in [0.15, 0.2) is 0 Å². The van der Waals surface area contributed by atoms with Crippen molar-refractivity contribution in [3.05, 3.63) is 64.9 Å². The van der Waals surface area contributed by atoms with Gasteiger partial charge in [0.25, 0.3) is 0 Å². The van der Waals surface area contributed by atoms with Crippen molar-refractivity contribution in [3.8, 4) is 6.07 Å². The summed E-state index contributed by atoms with van der Waals surface area (Å²) in [4.78, 5) is 0. The van der Waals surface area contributed by atoms with Crippen molar-refractivity contribution in [1.29, 1.82) is 5.26 Å². The minimum Gasteiger partial charge on any atom is -0.376 e. The molecule has 1 N–H and O–H groups in total. The van der Waals surface area contributed by atoms with Crippen LogP contribution in [0.2, 0.25) is 5.02 Å². The zero-order chi connectivity index (χ0) is 13.7. The zero-order valence-electron chi connectivity index (χ0n) is 10.1. The molecule has 0 fully saturated rings. The quantitative estimate of drug-likeness (QED) is 0.888. The largest absolute Gasteiger partial charge is 0.376 e. The number of halogens is 2. The number of anilines is 1. The maximum atomic E-state index is 13.2. The Morgan fingerprint density at radius 2 is 1.95 bits per heavy atom. The predicted molar refractivity (Wildman–Crippen MR) is 74.4 cm³/mol. The van der Waals surface area contributed by atoms with Crippen LogP contribution in [-0.2, 0) is 0 Å². The van der Waals surface area contributed by atoms with Crippen LogP contribution in [0.5, 0.6) is 0 Å². The third-order valence-corrected chi connectivity index (χ3v) is 3.09. The van der Waals surface area contributed by atoms with Gasteiger partial charge in [-0.05, 0) is 23.8 Å². The third-order valence-electron chi connectivity index (χ3n) is 2.76. The predicted octanol–water partition coefficient (Wildman–Crippen LogP) is 4.55. The van der Waals surface area contributed by atoms with Crippen molar-refractivity contribution >= 4 is 17.3 Å². The normalized spacial score (nSPS) is 11.6. The molecule has 0 saturated carbocycles. The fourth-order valence-electron chi connectivity index (χ4n) is 1.82. The van der Waals surface area contributed by atoms with Crippen LogP contribution in [0.3, 0.4) is 0 Å². The van der Waals surface area contributed by atoms with E-state index in [1.54, 1.807) is 0 Å². The molecule has 0 aliphatic heterocycles. The molecule has 0 aliphatic rings. The Kier molecular flexibility index (Phi) is 4.38. The summed E-state index contributed by atoms with van der Waals surface area (Å²) < 4.78 is 13.2. The van der Waals surface area contributed by atoms with E-state index in [0.29, 0.717) is 10.7 Å². The second kappa shape index (κ2) is 6.21. The van der Waals surface area contributed by atoms with E-state index in [0.717, 1.165) is 5.56 Å². The van der Waals surface area contributed by atoms with Gasteiger partial charge in [0, 0.05) is 0 Å². The summed E-state index contributed by atoms with van der Waals surface area (Å²) >= 11 is 6.02. The van der Waals surface area contributed by atoms with Gasteiger partial charge in [-0.3, -0.25) is 0 Å². The molecule has 2 nitrogen and oxygen atoms in total. The van der Waals surface area contributed by atoms with Crippen molar-refractivity contribution in [2.45, 2.75) is 12.5 Å². The lowest BCUT2D eigenvalue weighted by atomic mass is 10.0. The zero-order valence-corrected chi connectivity index (χ0v) is 10.9. The van der Waals surface area contributed by atoms with Crippen LogP contribution in [0.25, 0.3) is 0 Å². The van der Waals surface area contributed by atoms with Crippen LogP contribution in [0.1, 0.15) is 18.0 Å². The van der Waals surface area contributed by atoms with E-state index in [-0.39, 0.29) is 18.3 Å². The summed E-state index contributed by atoms with van der Waals surface area (Å²) in [5.41, 5.74) is 1.45. The van der Waals surface area contributed by atoms with Crippen LogP contribution in [0, 0.1) is 17.1 Å². The summed E-state index contributed by atoms with van der Waals surface area (Å²) in [6, 6.07) is 15.6. The maximum Gasteiger partial charge on any atom is 0.125 e. The number of nitriles is 1. The lowest BCUT2D eigenvalue weighted by Crippen LogP contribution is -2.10. The first-order valence-electron chi connectivity index (χ1n) is 5.84. The molecular formula is C15H12ClFN2. The van der Waals surface area contributed by atoms with E-state index >= 15 is 0 Å². The average molecular weight is 275 g/mol. The lowest BCUT2D eigenvalue weighted by Gasteiger charge is -2.18. The molecule has 0 amide bonds. The summed E-state index contributed by atoms with van der Waals surface area (Å²) in [5.74, 6) is -0.365. The highest BCUT2D eigenvalue weighted by Crippen LogP contribution is 2.28. The molecule has 1 atom stereocenters. The van der Waals surface area contributed by atoms with Gasteiger partial charge >= 0.3 is 0 Å². The Morgan fingerprint density at radius 3 is 2.63 bits per heavy atom. The Balaban J connectivity index is 2.27. The summed E-state index contributed by atoms with van der Waals surface area (Å²) in [5, 5.41) is 12.4. The smallest absolute Gasteiger partial charge is 0.125 e. The van der Waals surface area contributed by atoms with Gasteiger partial charge < -0.3 is 5.32 Å². The minimum atomic E-state index is -0.365. The summed E-state index contributed by atoms with van der Waals surface area (Å²) in [7, 11) is 0. The van der Waals surface area contributed by atoms with Crippen molar-refractivity contribution < 1.29 is 4.39 Å². The van der Waals surface area contributed by atoms with Gasteiger partial charge in [-0.2, -0.15) is 5.26 Å². The average Bonchev–Trinajstić information content (AvgIpc) is 2.43. The lowest BCUT2D eigenvalue weighted by molar-refractivity contribution is 0.627. The molecule has 1 unspecified atom stereocenters. The van der Waals surface area contributed by atoms with Crippen molar-refractivity contribution in [2.24, 2.45) is 0 Å². The molecule has 19 heavy (non-hydrogen) atoms. The monoisotopic (exact) mass is 274 g/mol. The van der Waals surface area contributed by atoms with Gasteiger partial charge in [-0.25, -0.2) is 4.39 Å². The number of nitrogens with zero attached hydrogens (tertiary/aromatic N) is 1. The molecule has 2 rings (SSSR count). The van der Waals surface area contributed by atoms with Gasteiger partial charge in [-0.1, -0.05) is 41.9 Å². The fourth-order valence-corrected chi connectivity index (χ4v) is 2.00. The Morgan fingerprint density at radius 1 is 1.21 bits per heavy atom. The van der Waals surface area contributed by atoms with Crippen LogP contribution < -0.4 is 5.32 Å². The Labute approximate surface area is 116 Å². The van der Waals surface area contributed by atoms with Crippen molar-refractivity contribution in [1.82, 2.24) is 0 Å². The minimum absolute atomic E-state index is 0.217. The highest BCUT2D eigenvalue weighted by Gasteiger charge is 2.12. The molecule has 2 aromatic rings. The first-order valence-corrected chi connectivity index (χ1v) is 6.22. The fraction of sp³-hybridized carbons (Fsp3) is 0.133. The second-order valence-electron chi connectivity index (χ2n) is 4.09. The molecule has 0 radical (unpaired) electrons. The third kappa shape index (κ3) is 3.46. The Hall–Kier alpha value is -2.05. The molecule has 0 aliphatic carbocycles. The number of hydrogen-bond acceptors (Lipinski definition) is 2. The first kappa shape index (κ1) is 13.4. The van der Waals surface area contributed by atoms with E-state index < -0.39 is 0 Å². The highest BCUT2D eigenvalue weighted by molar-refractivity contribution is 6.33. The van der Waals surface area contributed by atoms with E-state index in [1.807, 2.05) is 30.3 Å². The van der Waals surface area contributed by atoms with Crippen LogP contribution in [0.4, 0.5) is 10.1 Å². The van der Waals surface area contributed by atoms with E-state index in [1.165, 1.54) is 18.2 Å². The SMILES string of the molecule is N#CCC(Nc1cc(F)ccc1Cl)c1ccccc1. The van der Waals surface area contributed by atoms with Gasteiger partial charge in [-0.15, -0.1) is 0 Å². The highest BCUT2D eigenvalue weighted by atomic mass is 35.5. The molecule has 2 aromatic carbocycles. The van der Waals surface area contributed by atoms with Gasteiger partial charge in [0.1, 0.15) is 5.82 Å². The molecule has 0 spiro atoms. The van der Waals surface area contributed by atoms with E-state index in [2.05, 4.69) is 11.4 Å². The van der Waals surface area contributed by atoms with Gasteiger partial charge in [0.2, 0.25) is 0 Å². The number of benzene rings is 2. The summed E-state index contributed by atoms with van der Waals surface area (Å²) in [6.07, 6.45) is 0.275. The molecular weight excluding hydrogens is 263 g/mol. The first-order chi connectivity index (χ1) is 9.20. The second-order valence-corrected chi connectivity index (χ2v) is 4.50. The van der Waals surface area contributed by atoms with Crippen molar-refractivity contribution in [2.75, 3.05) is 5.32 Å². The molecule has 0 bridgehead atoms. The topological polar surface area (TPSA) is 35.8 Å². The standard InChI is InChI=1S/C15H12ClFN2/c16-13-7-6-12(17)10-15(13)19-14(8-9-18)11-4-2-1-3-5-11/h1-7,10,14,19H,8H2. The number of hydrogen-bond donors (Lipinski definition) is 1. The number of nitrogens with one attached hydrogen (secondary N) is 1. The maximum absolute atomic E-state index is 13.2. The van der Waals surface area contributed by atoms with Crippen molar-refractivity contribution in [3.63, 3.8) is 0 Å². The van der Waals surface area contributed by atoms with E-state index in [9.17, 15) is 4.39 Å². The molecule has 0 aromatic heterocycles. The molecule has 0 saturated heterocycles. The molecule has 96 valence electrons. The van der Waals surface area contributed by atoms with Gasteiger partial charge in [0.05, 0.1) is 29.2 Å². The Bertz CT molecular complexity index is 593. The van der Waals surface area contributed by atoms with Crippen LogP contribution in [0.15, 0.2) is 48.5 Å². The molecule has 4 heteroatoms. The molecule has 0 heterocycles. The van der Waals surface area contributed by atoms with E-state index in [4.69, 9.17) is 16.9 Å². The summed E-state index contributed by atoms with van der Waals surface area (Å²) in [6.45, 7) is 0. The van der Waals surface area contributed by atoms with Crippen LogP contribution in [-0.4, -0.2) is 0 Å². The van der Waals surface area contributed by atoms with Crippen LogP contribution >= 0.6 is 11.6 Å².